The molecule has 32 heavy (non-hydrogen) atoms. The van der Waals surface area contributed by atoms with Crippen LogP contribution in [0.4, 0.5) is 0 Å². The van der Waals surface area contributed by atoms with Crippen molar-refractivity contribution in [3.63, 3.8) is 0 Å². The van der Waals surface area contributed by atoms with E-state index in [1.165, 1.54) is 0 Å². The lowest BCUT2D eigenvalue weighted by Gasteiger charge is -2.39. The van der Waals surface area contributed by atoms with Crippen LogP contribution in [-0.2, 0) is 11.3 Å². The van der Waals surface area contributed by atoms with Crippen LogP contribution in [0.15, 0.2) is 60.7 Å². The van der Waals surface area contributed by atoms with Crippen molar-refractivity contribution in [2.75, 3.05) is 13.1 Å². The molecule has 2 N–H and O–H groups in total. The van der Waals surface area contributed by atoms with Crippen LogP contribution in [0, 0.1) is 16.7 Å². The number of benzene rings is 2. The summed E-state index contributed by atoms with van der Waals surface area (Å²) in [5.74, 6) is -0.512. The summed E-state index contributed by atoms with van der Waals surface area (Å²) < 4.78 is 0. The van der Waals surface area contributed by atoms with Gasteiger partial charge in [-0.05, 0) is 42.5 Å². The highest BCUT2D eigenvalue weighted by Gasteiger charge is 2.45. The first-order valence-corrected chi connectivity index (χ1v) is 11.1. The first-order chi connectivity index (χ1) is 15.2. The maximum absolute atomic E-state index is 14.0. The summed E-state index contributed by atoms with van der Waals surface area (Å²) in [6.07, 6.45) is 1.02. The SMILES string of the molecule is CC(C)(C)CC(NC(=O)c1ccccc1)C(=O)N(Cc1ccccc1)C1(C#N)CCNC1. The predicted molar refractivity (Wildman–Crippen MR) is 125 cm³/mol. The van der Waals surface area contributed by atoms with E-state index in [0.717, 1.165) is 5.56 Å². The van der Waals surface area contributed by atoms with E-state index in [1.807, 2.05) is 57.2 Å². The van der Waals surface area contributed by atoms with E-state index in [1.54, 1.807) is 29.2 Å². The topological polar surface area (TPSA) is 85.2 Å². The highest BCUT2D eigenvalue weighted by atomic mass is 16.2. The maximum atomic E-state index is 14.0. The Balaban J connectivity index is 1.94. The third-order valence-electron chi connectivity index (χ3n) is 5.76. The summed E-state index contributed by atoms with van der Waals surface area (Å²) in [5, 5.41) is 16.3. The lowest BCUT2D eigenvalue weighted by molar-refractivity contribution is -0.139. The molecule has 6 nitrogen and oxygen atoms in total. The van der Waals surface area contributed by atoms with Crippen LogP contribution < -0.4 is 10.6 Å². The Labute approximate surface area is 190 Å². The average Bonchev–Trinajstić information content (AvgIpc) is 3.27. The fraction of sp³-hybridized carbons (Fsp3) is 0.423. The molecule has 2 unspecified atom stereocenters. The third-order valence-corrected chi connectivity index (χ3v) is 5.76. The first kappa shape index (κ1) is 23.5. The highest BCUT2D eigenvalue weighted by molar-refractivity contribution is 5.97. The average molecular weight is 433 g/mol. The Bertz CT molecular complexity index is 955. The molecule has 2 aromatic rings. The lowest BCUT2D eigenvalue weighted by Crippen LogP contribution is -2.58. The number of nitriles is 1. The van der Waals surface area contributed by atoms with Gasteiger partial charge in [-0.1, -0.05) is 69.3 Å². The Morgan fingerprint density at radius 3 is 2.28 bits per heavy atom. The Morgan fingerprint density at radius 2 is 1.75 bits per heavy atom. The van der Waals surface area contributed by atoms with Gasteiger partial charge in [-0.15, -0.1) is 0 Å². The van der Waals surface area contributed by atoms with Gasteiger partial charge in [0.2, 0.25) is 5.91 Å². The third kappa shape index (κ3) is 5.74. The van der Waals surface area contributed by atoms with Crippen molar-refractivity contribution in [1.29, 1.82) is 5.26 Å². The molecule has 2 aromatic carbocycles. The van der Waals surface area contributed by atoms with Crippen molar-refractivity contribution in [3.05, 3.63) is 71.8 Å². The van der Waals surface area contributed by atoms with Gasteiger partial charge in [0.25, 0.3) is 5.91 Å². The monoisotopic (exact) mass is 432 g/mol. The summed E-state index contributed by atoms with van der Waals surface area (Å²) >= 11 is 0. The molecule has 1 aliphatic rings. The number of nitrogens with one attached hydrogen (secondary N) is 2. The molecule has 0 aromatic heterocycles. The van der Waals surface area contributed by atoms with Crippen molar-refractivity contribution >= 4 is 11.8 Å². The van der Waals surface area contributed by atoms with Crippen LogP contribution in [0.5, 0.6) is 0 Å². The zero-order valence-electron chi connectivity index (χ0n) is 19.1. The molecule has 1 fully saturated rings. The van der Waals surface area contributed by atoms with E-state index in [-0.39, 0.29) is 17.2 Å². The van der Waals surface area contributed by atoms with Crippen molar-refractivity contribution in [1.82, 2.24) is 15.5 Å². The van der Waals surface area contributed by atoms with Crippen LogP contribution in [0.3, 0.4) is 0 Å². The molecule has 0 bridgehead atoms. The zero-order chi connectivity index (χ0) is 23.2. The van der Waals surface area contributed by atoms with Gasteiger partial charge in [0.05, 0.1) is 6.07 Å². The van der Waals surface area contributed by atoms with Crippen molar-refractivity contribution < 1.29 is 9.59 Å². The molecule has 0 radical (unpaired) electrons. The van der Waals surface area contributed by atoms with Crippen molar-refractivity contribution in [2.24, 2.45) is 5.41 Å². The summed E-state index contributed by atoms with van der Waals surface area (Å²) in [6, 6.07) is 20.3. The molecular weight excluding hydrogens is 400 g/mol. The lowest BCUT2D eigenvalue weighted by atomic mass is 9.86. The minimum absolute atomic E-state index is 0.198. The molecular formula is C26H32N4O2. The zero-order valence-corrected chi connectivity index (χ0v) is 19.1. The maximum Gasteiger partial charge on any atom is 0.251 e. The molecule has 168 valence electrons. The largest absolute Gasteiger partial charge is 0.340 e. The molecule has 2 atom stereocenters. The highest BCUT2D eigenvalue weighted by Crippen LogP contribution is 2.29. The number of hydrogen-bond acceptors (Lipinski definition) is 4. The van der Waals surface area contributed by atoms with Gasteiger partial charge in [0.15, 0.2) is 0 Å². The number of carbonyl (C=O) groups excluding carboxylic acids is 2. The van der Waals surface area contributed by atoms with Gasteiger partial charge in [-0.25, -0.2) is 0 Å². The molecule has 1 heterocycles. The normalized spacial score (nSPS) is 19.1. The van der Waals surface area contributed by atoms with E-state index in [4.69, 9.17) is 0 Å². The molecule has 6 heteroatoms. The number of amides is 2. The Morgan fingerprint density at radius 1 is 1.12 bits per heavy atom. The first-order valence-electron chi connectivity index (χ1n) is 11.1. The van der Waals surface area contributed by atoms with Crippen LogP contribution in [-0.4, -0.2) is 41.4 Å². The molecule has 3 rings (SSSR count). The second kappa shape index (κ2) is 9.97. The summed E-state index contributed by atoms with van der Waals surface area (Å²) in [4.78, 5) is 28.6. The van der Waals surface area contributed by atoms with Gasteiger partial charge in [-0.3, -0.25) is 9.59 Å². The van der Waals surface area contributed by atoms with Gasteiger partial charge in [0, 0.05) is 18.7 Å². The molecule has 0 saturated carbocycles. The van der Waals surface area contributed by atoms with Crippen LogP contribution >= 0.6 is 0 Å². The van der Waals surface area contributed by atoms with Gasteiger partial charge in [-0.2, -0.15) is 5.26 Å². The van der Waals surface area contributed by atoms with Gasteiger partial charge in [0.1, 0.15) is 11.6 Å². The molecule has 0 aliphatic carbocycles. The summed E-state index contributed by atoms with van der Waals surface area (Å²) in [6.45, 7) is 7.53. The van der Waals surface area contributed by atoms with Crippen molar-refractivity contribution in [2.45, 2.75) is 51.7 Å². The minimum Gasteiger partial charge on any atom is -0.340 e. The van der Waals surface area contributed by atoms with E-state index in [9.17, 15) is 14.9 Å². The Hall–Kier alpha value is -3.17. The minimum atomic E-state index is -0.944. The number of rotatable bonds is 7. The smallest absolute Gasteiger partial charge is 0.251 e. The fourth-order valence-electron chi connectivity index (χ4n) is 4.10. The van der Waals surface area contributed by atoms with Crippen LogP contribution in [0.2, 0.25) is 0 Å². The summed E-state index contributed by atoms with van der Waals surface area (Å²) in [5.41, 5.74) is 0.314. The molecule has 2 amide bonds. The van der Waals surface area contributed by atoms with E-state index in [2.05, 4.69) is 16.7 Å². The van der Waals surface area contributed by atoms with Gasteiger partial charge >= 0.3 is 0 Å². The van der Waals surface area contributed by atoms with Gasteiger partial charge < -0.3 is 15.5 Å². The molecule has 0 spiro atoms. The van der Waals surface area contributed by atoms with Crippen molar-refractivity contribution in [3.8, 4) is 6.07 Å². The summed E-state index contributed by atoms with van der Waals surface area (Å²) in [7, 11) is 0. The molecule has 1 saturated heterocycles. The Kier molecular flexibility index (Phi) is 7.32. The van der Waals surface area contributed by atoms with Crippen LogP contribution in [0.1, 0.15) is 49.5 Å². The van der Waals surface area contributed by atoms with Crippen LogP contribution in [0.25, 0.3) is 0 Å². The standard InChI is InChI=1S/C26H32N4O2/c1-25(2,3)16-22(29-23(31)21-12-8-5-9-13-21)24(32)30(17-20-10-6-4-7-11-20)26(18-27)14-15-28-19-26/h4-13,22,28H,14-17,19H2,1-3H3,(H,29,31). The number of carbonyl (C=O) groups is 2. The number of nitrogens with zero attached hydrogens (tertiary/aromatic N) is 2. The van der Waals surface area contributed by atoms with E-state index < -0.39 is 11.6 Å². The fourth-order valence-corrected chi connectivity index (χ4v) is 4.10. The second-order valence-corrected chi connectivity index (χ2v) is 9.64. The second-order valence-electron chi connectivity index (χ2n) is 9.64. The predicted octanol–water partition coefficient (Wildman–Crippen LogP) is 3.51. The van der Waals surface area contributed by atoms with E-state index in [0.29, 0.717) is 38.0 Å². The molecule has 1 aliphatic heterocycles. The quantitative estimate of drug-likeness (QED) is 0.701. The van der Waals surface area contributed by atoms with E-state index >= 15 is 0 Å². The number of hydrogen-bond donors (Lipinski definition) is 2.